The molecule has 7 nitrogen and oxygen atoms in total. The van der Waals surface area contributed by atoms with Gasteiger partial charge >= 0.3 is 0 Å². The van der Waals surface area contributed by atoms with E-state index in [0.29, 0.717) is 22.9 Å². The van der Waals surface area contributed by atoms with Gasteiger partial charge in [-0.05, 0) is 19.4 Å². The summed E-state index contributed by atoms with van der Waals surface area (Å²) in [6, 6.07) is 4.85. The average Bonchev–Trinajstić information content (AvgIpc) is 3.06. The highest BCUT2D eigenvalue weighted by molar-refractivity contribution is 5.79. The number of H-pyrrole nitrogens is 1. The summed E-state index contributed by atoms with van der Waals surface area (Å²) in [4.78, 5) is 17.8. The maximum absolute atomic E-state index is 10.7. The second-order valence-corrected chi connectivity index (χ2v) is 5.10. The first kappa shape index (κ1) is 12.9. The van der Waals surface area contributed by atoms with Crippen LogP contribution < -0.4 is 5.32 Å². The molecular weight excluding hydrogens is 260 g/mol. The number of nitrogens with one attached hydrogen (secondary N) is 2. The highest BCUT2D eigenvalue weighted by Gasteiger charge is 2.23. The molecule has 1 saturated heterocycles. The van der Waals surface area contributed by atoms with E-state index >= 15 is 0 Å². The highest BCUT2D eigenvalue weighted by atomic mass is 16.6. The fourth-order valence-electron chi connectivity index (χ4n) is 2.46. The van der Waals surface area contributed by atoms with Gasteiger partial charge in [-0.15, -0.1) is 0 Å². The number of fused-ring (bicyclic) bond motifs is 1. The van der Waals surface area contributed by atoms with Crippen molar-refractivity contribution in [3.05, 3.63) is 28.3 Å². The molecule has 1 aromatic heterocycles. The van der Waals surface area contributed by atoms with Gasteiger partial charge in [0.1, 0.15) is 0 Å². The van der Waals surface area contributed by atoms with Gasteiger partial charge < -0.3 is 15.0 Å². The molecule has 1 fully saturated rings. The van der Waals surface area contributed by atoms with E-state index < -0.39 is 4.92 Å². The van der Waals surface area contributed by atoms with E-state index in [0.717, 1.165) is 19.6 Å². The van der Waals surface area contributed by atoms with E-state index in [1.165, 1.54) is 12.1 Å². The third-order valence-corrected chi connectivity index (χ3v) is 3.71. The molecule has 2 aromatic rings. The largest absolute Gasteiger partial charge is 0.381 e. The monoisotopic (exact) mass is 276 g/mol. The second-order valence-electron chi connectivity index (χ2n) is 5.10. The first-order chi connectivity index (χ1) is 9.63. The number of ether oxygens (including phenoxy) is 1. The molecular formula is C13H16N4O3. The Kier molecular flexibility index (Phi) is 3.27. The Bertz CT molecular complexity index is 634. The molecule has 1 aliphatic rings. The topological polar surface area (TPSA) is 93.1 Å². The van der Waals surface area contributed by atoms with Crippen LogP contribution in [0.3, 0.4) is 0 Å². The minimum Gasteiger partial charge on any atom is -0.381 e. The minimum absolute atomic E-state index is 0.0601. The van der Waals surface area contributed by atoms with Crippen molar-refractivity contribution in [3.8, 4) is 0 Å². The summed E-state index contributed by atoms with van der Waals surface area (Å²) in [5.41, 5.74) is 1.44. The zero-order valence-electron chi connectivity index (χ0n) is 11.1. The van der Waals surface area contributed by atoms with Gasteiger partial charge in [-0.1, -0.05) is 0 Å². The number of anilines is 1. The van der Waals surface area contributed by atoms with Gasteiger partial charge in [-0.2, -0.15) is 0 Å². The molecule has 106 valence electrons. The Hall–Kier alpha value is -2.15. The van der Waals surface area contributed by atoms with Gasteiger partial charge in [-0.3, -0.25) is 10.1 Å². The number of hydrogen-bond acceptors (Lipinski definition) is 5. The lowest BCUT2D eigenvalue weighted by molar-refractivity contribution is -0.384. The van der Waals surface area contributed by atoms with Crippen molar-refractivity contribution >= 4 is 22.7 Å². The lowest BCUT2D eigenvalue weighted by atomic mass is 10.0. The van der Waals surface area contributed by atoms with Crippen molar-refractivity contribution in [2.24, 2.45) is 5.92 Å². The summed E-state index contributed by atoms with van der Waals surface area (Å²) in [6.07, 6.45) is 1.04. The maximum Gasteiger partial charge on any atom is 0.271 e. The molecule has 7 heteroatoms. The Balaban J connectivity index is 1.79. The number of imidazole rings is 1. The van der Waals surface area contributed by atoms with Crippen LogP contribution in [0.15, 0.2) is 18.2 Å². The van der Waals surface area contributed by atoms with Crippen LogP contribution in [0.4, 0.5) is 11.6 Å². The molecule has 0 bridgehead atoms. The predicted octanol–water partition coefficient (Wildman–Crippen LogP) is 2.31. The number of aromatic nitrogens is 2. The Morgan fingerprint density at radius 3 is 3.15 bits per heavy atom. The van der Waals surface area contributed by atoms with E-state index in [1.54, 1.807) is 6.07 Å². The smallest absolute Gasteiger partial charge is 0.271 e. The fourth-order valence-corrected chi connectivity index (χ4v) is 2.46. The van der Waals surface area contributed by atoms with E-state index in [4.69, 9.17) is 4.74 Å². The summed E-state index contributed by atoms with van der Waals surface area (Å²) < 4.78 is 5.37. The van der Waals surface area contributed by atoms with E-state index in [-0.39, 0.29) is 11.7 Å². The predicted molar refractivity (Wildman–Crippen MR) is 74.8 cm³/mol. The van der Waals surface area contributed by atoms with E-state index in [2.05, 4.69) is 22.2 Å². The summed E-state index contributed by atoms with van der Waals surface area (Å²) in [7, 11) is 0. The van der Waals surface area contributed by atoms with E-state index in [9.17, 15) is 10.1 Å². The molecule has 3 rings (SSSR count). The zero-order valence-corrected chi connectivity index (χ0v) is 11.1. The zero-order chi connectivity index (χ0) is 14.1. The van der Waals surface area contributed by atoms with Gasteiger partial charge in [0, 0.05) is 30.7 Å². The third kappa shape index (κ3) is 2.44. The molecule has 1 aromatic carbocycles. The molecule has 2 heterocycles. The van der Waals surface area contributed by atoms with Gasteiger partial charge in [-0.25, -0.2) is 4.98 Å². The Labute approximate surface area is 115 Å². The lowest BCUT2D eigenvalue weighted by Crippen LogP contribution is -2.26. The Morgan fingerprint density at radius 1 is 1.60 bits per heavy atom. The molecule has 0 radical (unpaired) electrons. The maximum atomic E-state index is 10.7. The number of aromatic amines is 1. The van der Waals surface area contributed by atoms with Crippen LogP contribution in [0.5, 0.6) is 0 Å². The van der Waals surface area contributed by atoms with Crippen molar-refractivity contribution < 1.29 is 9.66 Å². The molecule has 0 saturated carbocycles. The summed E-state index contributed by atoms with van der Waals surface area (Å²) in [5, 5.41) is 14.1. The molecule has 0 amide bonds. The summed E-state index contributed by atoms with van der Waals surface area (Å²) in [5.74, 6) is 1.11. The normalized spacial score (nSPS) is 20.1. The fraction of sp³-hybridized carbons (Fsp3) is 0.462. The number of benzene rings is 1. The standard InChI is InChI=1S/C13H16N4O3/c1-8(9-4-5-20-7-9)14-13-15-11-3-2-10(17(18)19)6-12(11)16-13/h2-3,6,8-9H,4-5,7H2,1H3,(H2,14,15,16). The second kappa shape index (κ2) is 5.09. The van der Waals surface area contributed by atoms with Crippen LogP contribution in [0.1, 0.15) is 13.3 Å². The van der Waals surface area contributed by atoms with Crippen LogP contribution in [0.2, 0.25) is 0 Å². The number of rotatable bonds is 4. The average molecular weight is 276 g/mol. The first-order valence-electron chi connectivity index (χ1n) is 6.62. The van der Waals surface area contributed by atoms with Crippen molar-refractivity contribution in [2.45, 2.75) is 19.4 Å². The van der Waals surface area contributed by atoms with Gasteiger partial charge in [0.15, 0.2) is 0 Å². The van der Waals surface area contributed by atoms with Crippen molar-refractivity contribution in [1.82, 2.24) is 9.97 Å². The quantitative estimate of drug-likeness (QED) is 0.660. The number of nitro groups is 1. The molecule has 0 aliphatic carbocycles. The number of nitro benzene ring substituents is 1. The van der Waals surface area contributed by atoms with Crippen LogP contribution in [0.25, 0.3) is 11.0 Å². The van der Waals surface area contributed by atoms with Gasteiger partial charge in [0.2, 0.25) is 5.95 Å². The van der Waals surface area contributed by atoms with Crippen molar-refractivity contribution in [3.63, 3.8) is 0 Å². The van der Waals surface area contributed by atoms with Crippen molar-refractivity contribution in [2.75, 3.05) is 18.5 Å². The SMILES string of the molecule is CC(Nc1nc2ccc([N+](=O)[O-])cc2[nH]1)C1CCOC1. The van der Waals surface area contributed by atoms with Gasteiger partial charge in [0.25, 0.3) is 5.69 Å². The van der Waals surface area contributed by atoms with Crippen LogP contribution >= 0.6 is 0 Å². The molecule has 2 N–H and O–H groups in total. The van der Waals surface area contributed by atoms with Gasteiger partial charge in [0.05, 0.1) is 22.6 Å². The Morgan fingerprint density at radius 2 is 2.45 bits per heavy atom. The molecule has 2 unspecified atom stereocenters. The number of non-ortho nitro benzene ring substituents is 1. The van der Waals surface area contributed by atoms with Crippen LogP contribution in [-0.4, -0.2) is 34.1 Å². The molecule has 20 heavy (non-hydrogen) atoms. The highest BCUT2D eigenvalue weighted by Crippen LogP contribution is 2.23. The first-order valence-corrected chi connectivity index (χ1v) is 6.62. The summed E-state index contributed by atoms with van der Waals surface area (Å²) >= 11 is 0. The van der Waals surface area contributed by atoms with E-state index in [1.807, 2.05) is 0 Å². The number of nitrogens with zero attached hydrogens (tertiary/aromatic N) is 2. The van der Waals surface area contributed by atoms with Crippen LogP contribution in [0, 0.1) is 16.0 Å². The molecule has 0 spiro atoms. The summed E-state index contributed by atoms with van der Waals surface area (Å²) in [6.45, 7) is 3.66. The van der Waals surface area contributed by atoms with Crippen LogP contribution in [-0.2, 0) is 4.74 Å². The van der Waals surface area contributed by atoms with Crippen molar-refractivity contribution in [1.29, 1.82) is 0 Å². The third-order valence-electron chi connectivity index (χ3n) is 3.71. The number of hydrogen-bond donors (Lipinski definition) is 2. The molecule has 1 aliphatic heterocycles. The lowest BCUT2D eigenvalue weighted by Gasteiger charge is -2.18. The molecule has 2 atom stereocenters. The minimum atomic E-state index is -0.411.